The van der Waals surface area contributed by atoms with Gasteiger partial charge in [0.2, 0.25) is 5.91 Å². The maximum Gasteiger partial charge on any atom is 0.234 e. The zero-order chi connectivity index (χ0) is 12.1. The molecular formula is C14H19NO. The standard InChI is InChI=1S/C14H19NO/c1-8(2)10-7-12-11(6-9(10)3)14(4,5)13(16)15-12/h6-8H,1-5H3,(H,15,16). The van der Waals surface area contributed by atoms with E-state index in [-0.39, 0.29) is 5.91 Å². The number of carbonyl (C=O) groups excluding carboxylic acids is 1. The van der Waals surface area contributed by atoms with Crippen LogP contribution in [0.2, 0.25) is 0 Å². The lowest BCUT2D eigenvalue weighted by Gasteiger charge is -2.17. The molecule has 0 unspecified atom stereocenters. The van der Waals surface area contributed by atoms with Crippen molar-refractivity contribution < 1.29 is 4.79 Å². The van der Waals surface area contributed by atoms with Crippen molar-refractivity contribution in [2.45, 2.75) is 46.0 Å². The van der Waals surface area contributed by atoms with E-state index < -0.39 is 5.41 Å². The van der Waals surface area contributed by atoms with Gasteiger partial charge in [0.1, 0.15) is 0 Å². The van der Waals surface area contributed by atoms with Crippen LogP contribution in [0.1, 0.15) is 50.3 Å². The molecule has 1 aliphatic heterocycles. The number of rotatable bonds is 1. The largest absolute Gasteiger partial charge is 0.325 e. The molecule has 0 bridgehead atoms. The fourth-order valence-electron chi connectivity index (χ4n) is 2.37. The van der Waals surface area contributed by atoms with Crippen molar-refractivity contribution in [3.8, 4) is 0 Å². The molecule has 1 aliphatic rings. The van der Waals surface area contributed by atoms with E-state index in [1.165, 1.54) is 11.1 Å². The average molecular weight is 217 g/mol. The summed E-state index contributed by atoms with van der Waals surface area (Å²) in [6, 6.07) is 4.28. The van der Waals surface area contributed by atoms with E-state index in [1.54, 1.807) is 0 Å². The van der Waals surface area contributed by atoms with Crippen LogP contribution in [0.4, 0.5) is 5.69 Å². The topological polar surface area (TPSA) is 29.1 Å². The van der Waals surface area contributed by atoms with Crippen LogP contribution in [0.5, 0.6) is 0 Å². The number of hydrogen-bond donors (Lipinski definition) is 1. The lowest BCUT2D eigenvalue weighted by Crippen LogP contribution is -2.26. The Morgan fingerprint density at radius 1 is 1.25 bits per heavy atom. The lowest BCUT2D eigenvalue weighted by atomic mass is 9.83. The number of aryl methyl sites for hydroxylation is 1. The summed E-state index contributed by atoms with van der Waals surface area (Å²) in [4.78, 5) is 11.8. The smallest absolute Gasteiger partial charge is 0.234 e. The predicted octanol–water partition coefficient (Wildman–Crippen LogP) is 3.35. The molecule has 0 aromatic heterocycles. The maximum absolute atomic E-state index is 11.8. The van der Waals surface area contributed by atoms with Gasteiger partial charge < -0.3 is 5.32 Å². The molecule has 2 nitrogen and oxygen atoms in total. The summed E-state index contributed by atoms with van der Waals surface area (Å²) in [6.07, 6.45) is 0. The molecule has 0 aliphatic carbocycles. The second-order valence-corrected chi connectivity index (χ2v) is 5.49. The summed E-state index contributed by atoms with van der Waals surface area (Å²) in [6.45, 7) is 10.4. The molecule has 1 amide bonds. The Labute approximate surface area is 97.1 Å². The van der Waals surface area contributed by atoms with Crippen molar-refractivity contribution in [1.82, 2.24) is 0 Å². The zero-order valence-corrected chi connectivity index (χ0v) is 10.6. The van der Waals surface area contributed by atoms with Crippen LogP contribution < -0.4 is 5.32 Å². The van der Waals surface area contributed by atoms with E-state index in [0.717, 1.165) is 11.3 Å². The average Bonchev–Trinajstić information content (AvgIpc) is 2.38. The Morgan fingerprint density at radius 2 is 1.88 bits per heavy atom. The number of amides is 1. The molecular weight excluding hydrogens is 198 g/mol. The molecule has 16 heavy (non-hydrogen) atoms. The first-order valence-electron chi connectivity index (χ1n) is 5.80. The molecule has 0 saturated heterocycles. The first-order valence-corrected chi connectivity index (χ1v) is 5.80. The van der Waals surface area contributed by atoms with Gasteiger partial charge >= 0.3 is 0 Å². The van der Waals surface area contributed by atoms with Crippen molar-refractivity contribution in [3.63, 3.8) is 0 Å². The van der Waals surface area contributed by atoms with Gasteiger partial charge in [0, 0.05) is 5.69 Å². The fourth-order valence-corrected chi connectivity index (χ4v) is 2.37. The lowest BCUT2D eigenvalue weighted by molar-refractivity contribution is -0.119. The van der Waals surface area contributed by atoms with Crippen molar-refractivity contribution in [1.29, 1.82) is 0 Å². The fraction of sp³-hybridized carbons (Fsp3) is 0.500. The Bertz CT molecular complexity index is 458. The van der Waals surface area contributed by atoms with E-state index in [0.29, 0.717) is 5.92 Å². The third-order valence-corrected chi connectivity index (χ3v) is 3.52. The van der Waals surface area contributed by atoms with Crippen molar-refractivity contribution in [3.05, 3.63) is 28.8 Å². The third kappa shape index (κ3) is 1.44. The van der Waals surface area contributed by atoms with Crippen LogP contribution in [0.3, 0.4) is 0 Å². The van der Waals surface area contributed by atoms with Crippen LogP contribution in [-0.4, -0.2) is 5.91 Å². The minimum absolute atomic E-state index is 0.0998. The van der Waals surface area contributed by atoms with Gasteiger partial charge in [-0.2, -0.15) is 0 Å². The van der Waals surface area contributed by atoms with E-state index in [1.807, 2.05) is 13.8 Å². The van der Waals surface area contributed by atoms with Gasteiger partial charge in [-0.15, -0.1) is 0 Å². The first-order chi connectivity index (χ1) is 7.34. The van der Waals surface area contributed by atoms with E-state index in [9.17, 15) is 4.79 Å². The Balaban J connectivity index is 2.61. The highest BCUT2D eigenvalue weighted by Crippen LogP contribution is 2.39. The monoisotopic (exact) mass is 217 g/mol. The normalized spacial score (nSPS) is 17.5. The maximum atomic E-state index is 11.8. The molecule has 1 aromatic rings. The van der Waals surface area contributed by atoms with Crippen molar-refractivity contribution in [2.24, 2.45) is 0 Å². The summed E-state index contributed by atoms with van der Waals surface area (Å²) in [5.74, 6) is 0.591. The molecule has 1 N–H and O–H groups in total. The molecule has 1 heterocycles. The van der Waals surface area contributed by atoms with Crippen molar-refractivity contribution in [2.75, 3.05) is 5.32 Å². The van der Waals surface area contributed by atoms with Gasteiger partial charge in [-0.3, -0.25) is 4.79 Å². The van der Waals surface area contributed by atoms with Gasteiger partial charge in [0.25, 0.3) is 0 Å². The van der Waals surface area contributed by atoms with E-state index in [2.05, 4.69) is 38.2 Å². The van der Waals surface area contributed by atoms with Gasteiger partial charge in [0.15, 0.2) is 0 Å². The summed E-state index contributed by atoms with van der Waals surface area (Å²) < 4.78 is 0. The predicted molar refractivity (Wildman–Crippen MR) is 66.9 cm³/mol. The Morgan fingerprint density at radius 3 is 2.44 bits per heavy atom. The van der Waals surface area contributed by atoms with E-state index >= 15 is 0 Å². The number of hydrogen-bond acceptors (Lipinski definition) is 1. The summed E-state index contributed by atoms with van der Waals surface area (Å²) in [5.41, 5.74) is 4.31. The molecule has 0 saturated carbocycles. The van der Waals surface area contributed by atoms with Crippen LogP contribution in [-0.2, 0) is 10.2 Å². The highest BCUT2D eigenvalue weighted by atomic mass is 16.2. The third-order valence-electron chi connectivity index (χ3n) is 3.52. The number of fused-ring (bicyclic) bond motifs is 1. The molecule has 1 aromatic carbocycles. The molecule has 2 heteroatoms. The van der Waals surface area contributed by atoms with E-state index in [4.69, 9.17) is 0 Å². The first kappa shape index (κ1) is 11.2. The molecule has 0 fully saturated rings. The second-order valence-electron chi connectivity index (χ2n) is 5.49. The molecule has 2 rings (SSSR count). The highest BCUT2D eigenvalue weighted by molar-refractivity contribution is 6.05. The minimum Gasteiger partial charge on any atom is -0.325 e. The summed E-state index contributed by atoms with van der Waals surface area (Å²) >= 11 is 0. The van der Waals surface area contributed by atoms with Crippen LogP contribution in [0, 0.1) is 6.92 Å². The molecule has 0 radical (unpaired) electrons. The summed E-state index contributed by atoms with van der Waals surface area (Å²) in [5, 5.41) is 2.97. The van der Waals surface area contributed by atoms with Gasteiger partial charge in [-0.25, -0.2) is 0 Å². The zero-order valence-electron chi connectivity index (χ0n) is 10.6. The molecule has 86 valence electrons. The quantitative estimate of drug-likeness (QED) is 0.768. The number of nitrogens with one attached hydrogen (secondary N) is 1. The Kier molecular flexibility index (Phi) is 2.33. The number of carbonyl (C=O) groups is 1. The second kappa shape index (κ2) is 3.34. The van der Waals surface area contributed by atoms with Gasteiger partial charge in [0.05, 0.1) is 5.41 Å². The number of anilines is 1. The van der Waals surface area contributed by atoms with Gasteiger partial charge in [-0.05, 0) is 49.4 Å². The summed E-state index contributed by atoms with van der Waals surface area (Å²) in [7, 11) is 0. The van der Waals surface area contributed by atoms with Crippen LogP contribution in [0.25, 0.3) is 0 Å². The highest BCUT2D eigenvalue weighted by Gasteiger charge is 2.38. The molecule has 0 spiro atoms. The SMILES string of the molecule is Cc1cc2c(cc1C(C)C)NC(=O)C2(C)C. The van der Waals surface area contributed by atoms with Crippen LogP contribution >= 0.6 is 0 Å². The van der Waals surface area contributed by atoms with Crippen molar-refractivity contribution >= 4 is 11.6 Å². The minimum atomic E-state index is -0.393. The Hall–Kier alpha value is -1.31. The number of benzene rings is 1. The van der Waals surface area contributed by atoms with Gasteiger partial charge in [-0.1, -0.05) is 19.9 Å². The van der Waals surface area contributed by atoms with Crippen LogP contribution in [0.15, 0.2) is 12.1 Å². The molecule has 0 atom stereocenters.